The highest BCUT2D eigenvalue weighted by atomic mass is 35.5. The van der Waals surface area contributed by atoms with Gasteiger partial charge in [0.25, 0.3) is 0 Å². The summed E-state index contributed by atoms with van der Waals surface area (Å²) in [6, 6.07) is 8.61. The van der Waals surface area contributed by atoms with E-state index in [1.54, 1.807) is 12.1 Å². The average molecular weight is 315 g/mol. The molecule has 0 bridgehead atoms. The molecule has 1 N–H and O–H groups in total. The molecule has 0 aliphatic carbocycles. The maximum atomic E-state index is 13.2. The zero-order chi connectivity index (χ0) is 14.7. The molecule has 0 fully saturated rings. The third-order valence-electron chi connectivity index (χ3n) is 2.56. The molecule has 0 aliphatic rings. The van der Waals surface area contributed by atoms with E-state index in [4.69, 9.17) is 33.0 Å². The largest absolute Gasteiger partial charge is 0.489 e. The predicted octanol–water partition coefficient (Wildman–Crippen LogP) is 4.41. The Bertz CT molecular complexity index is 659. The monoisotopic (exact) mass is 314 g/mol. The zero-order valence-electron chi connectivity index (χ0n) is 10.1. The number of benzene rings is 2. The van der Waals surface area contributed by atoms with Crippen LogP contribution >= 0.6 is 23.2 Å². The van der Waals surface area contributed by atoms with Gasteiger partial charge in [-0.3, -0.25) is 0 Å². The quantitative estimate of drug-likeness (QED) is 0.909. The van der Waals surface area contributed by atoms with Crippen molar-refractivity contribution < 1.29 is 19.0 Å². The summed E-state index contributed by atoms with van der Waals surface area (Å²) in [5, 5.41) is 9.10. The Hall–Kier alpha value is -1.78. The van der Waals surface area contributed by atoms with Crippen LogP contribution in [0, 0.1) is 5.82 Å². The number of carboxylic acid groups (broad SMARTS) is 1. The van der Waals surface area contributed by atoms with E-state index in [1.165, 1.54) is 24.3 Å². The molecule has 0 aliphatic heterocycles. The molecule has 0 saturated heterocycles. The number of aromatic carboxylic acids is 1. The van der Waals surface area contributed by atoms with Crippen LogP contribution in [-0.4, -0.2) is 11.1 Å². The van der Waals surface area contributed by atoms with Gasteiger partial charge in [0.05, 0.1) is 15.6 Å². The van der Waals surface area contributed by atoms with E-state index >= 15 is 0 Å². The molecule has 0 heterocycles. The predicted molar refractivity (Wildman–Crippen MR) is 74.2 cm³/mol. The van der Waals surface area contributed by atoms with Crippen LogP contribution in [0.1, 0.15) is 15.9 Å². The summed E-state index contributed by atoms with van der Waals surface area (Å²) in [5.74, 6) is -1.34. The summed E-state index contributed by atoms with van der Waals surface area (Å²) in [6.07, 6.45) is 0. The third kappa shape index (κ3) is 3.40. The fourth-order valence-electron chi connectivity index (χ4n) is 1.55. The first-order valence-electron chi connectivity index (χ1n) is 5.57. The van der Waals surface area contributed by atoms with Crippen LogP contribution < -0.4 is 4.74 Å². The van der Waals surface area contributed by atoms with E-state index in [9.17, 15) is 9.18 Å². The summed E-state index contributed by atoms with van der Waals surface area (Å²) in [6.45, 7) is 0.0920. The lowest BCUT2D eigenvalue weighted by atomic mass is 10.2. The molecule has 0 aromatic heterocycles. The SMILES string of the molecule is O=C(O)c1cc(OCc2ccc(Cl)c(F)c2)ccc1Cl. The Labute approximate surface area is 124 Å². The Morgan fingerprint density at radius 1 is 1.15 bits per heavy atom. The van der Waals surface area contributed by atoms with Gasteiger partial charge in [0, 0.05) is 0 Å². The minimum Gasteiger partial charge on any atom is -0.489 e. The smallest absolute Gasteiger partial charge is 0.337 e. The highest BCUT2D eigenvalue weighted by molar-refractivity contribution is 6.33. The van der Waals surface area contributed by atoms with Crippen LogP contribution in [-0.2, 0) is 6.61 Å². The van der Waals surface area contributed by atoms with Crippen LogP contribution in [0.3, 0.4) is 0 Å². The third-order valence-corrected chi connectivity index (χ3v) is 3.19. The molecule has 0 saturated carbocycles. The number of rotatable bonds is 4. The molecule has 6 heteroatoms. The first-order chi connectivity index (χ1) is 9.47. The second-order valence-corrected chi connectivity index (χ2v) is 4.80. The normalized spacial score (nSPS) is 10.3. The van der Waals surface area contributed by atoms with Crippen molar-refractivity contribution in [3.05, 3.63) is 63.4 Å². The minimum atomic E-state index is -1.14. The molecular weight excluding hydrogens is 306 g/mol. The van der Waals surface area contributed by atoms with Gasteiger partial charge in [0.2, 0.25) is 0 Å². The van der Waals surface area contributed by atoms with Gasteiger partial charge in [0.15, 0.2) is 0 Å². The van der Waals surface area contributed by atoms with Crippen molar-refractivity contribution in [2.45, 2.75) is 6.61 Å². The van der Waals surface area contributed by atoms with E-state index in [2.05, 4.69) is 0 Å². The molecule has 0 spiro atoms. The van der Waals surface area contributed by atoms with E-state index < -0.39 is 11.8 Å². The number of hydrogen-bond donors (Lipinski definition) is 1. The lowest BCUT2D eigenvalue weighted by Crippen LogP contribution is -2.00. The van der Waals surface area contributed by atoms with Crippen molar-refractivity contribution in [1.29, 1.82) is 0 Å². The Morgan fingerprint density at radius 3 is 2.50 bits per heavy atom. The van der Waals surface area contributed by atoms with Crippen molar-refractivity contribution in [2.75, 3.05) is 0 Å². The minimum absolute atomic E-state index is 0.0356. The van der Waals surface area contributed by atoms with Crippen LogP contribution in [0.2, 0.25) is 10.0 Å². The average Bonchev–Trinajstić information content (AvgIpc) is 2.41. The Kier molecular flexibility index (Phi) is 4.47. The molecular formula is C14H9Cl2FO3. The number of ether oxygens (including phenoxy) is 1. The summed E-state index contributed by atoms with van der Waals surface area (Å²) in [7, 11) is 0. The summed E-state index contributed by atoms with van der Waals surface area (Å²) in [4.78, 5) is 10.9. The molecule has 2 aromatic carbocycles. The van der Waals surface area contributed by atoms with Crippen molar-refractivity contribution in [2.24, 2.45) is 0 Å². The molecule has 2 aromatic rings. The Balaban J connectivity index is 2.12. The van der Waals surface area contributed by atoms with Crippen molar-refractivity contribution >= 4 is 29.2 Å². The van der Waals surface area contributed by atoms with Gasteiger partial charge in [-0.1, -0.05) is 29.3 Å². The maximum absolute atomic E-state index is 13.2. The van der Waals surface area contributed by atoms with Gasteiger partial charge < -0.3 is 9.84 Å². The molecule has 3 nitrogen and oxygen atoms in total. The van der Waals surface area contributed by atoms with Gasteiger partial charge in [-0.2, -0.15) is 0 Å². The molecule has 0 atom stereocenters. The summed E-state index contributed by atoms with van der Waals surface area (Å²) < 4.78 is 18.6. The molecule has 0 unspecified atom stereocenters. The van der Waals surface area contributed by atoms with Crippen LogP contribution in [0.25, 0.3) is 0 Å². The van der Waals surface area contributed by atoms with Gasteiger partial charge in [0.1, 0.15) is 18.2 Å². The number of hydrogen-bond acceptors (Lipinski definition) is 2. The molecule has 0 radical (unpaired) electrons. The molecule has 0 amide bonds. The van der Waals surface area contributed by atoms with Gasteiger partial charge in [-0.25, -0.2) is 9.18 Å². The molecule has 2 rings (SSSR count). The highest BCUT2D eigenvalue weighted by Gasteiger charge is 2.10. The van der Waals surface area contributed by atoms with Crippen molar-refractivity contribution in [3.63, 3.8) is 0 Å². The van der Waals surface area contributed by atoms with E-state index in [0.717, 1.165) is 0 Å². The second-order valence-electron chi connectivity index (χ2n) is 3.98. The first kappa shape index (κ1) is 14.6. The van der Waals surface area contributed by atoms with Crippen molar-refractivity contribution in [3.8, 4) is 5.75 Å². The van der Waals surface area contributed by atoms with E-state index in [1.807, 2.05) is 0 Å². The van der Waals surface area contributed by atoms with Crippen molar-refractivity contribution in [1.82, 2.24) is 0 Å². The first-order valence-corrected chi connectivity index (χ1v) is 6.32. The Morgan fingerprint density at radius 2 is 1.85 bits per heavy atom. The topological polar surface area (TPSA) is 46.5 Å². The van der Waals surface area contributed by atoms with Gasteiger partial charge >= 0.3 is 5.97 Å². The zero-order valence-corrected chi connectivity index (χ0v) is 11.6. The van der Waals surface area contributed by atoms with Gasteiger partial charge in [-0.05, 0) is 35.9 Å². The lowest BCUT2D eigenvalue weighted by molar-refractivity contribution is 0.0696. The van der Waals surface area contributed by atoms with Gasteiger partial charge in [-0.15, -0.1) is 0 Å². The maximum Gasteiger partial charge on any atom is 0.337 e. The number of carbonyl (C=O) groups is 1. The van der Waals surface area contributed by atoms with E-state index in [0.29, 0.717) is 11.3 Å². The number of halogens is 3. The fraction of sp³-hybridized carbons (Fsp3) is 0.0714. The second kappa shape index (κ2) is 6.11. The fourth-order valence-corrected chi connectivity index (χ4v) is 1.87. The summed E-state index contributed by atoms with van der Waals surface area (Å²) >= 11 is 11.3. The lowest BCUT2D eigenvalue weighted by Gasteiger charge is -2.08. The number of carboxylic acids is 1. The molecule has 20 heavy (non-hydrogen) atoms. The molecule has 104 valence electrons. The van der Waals surface area contributed by atoms with Crippen LogP contribution in [0.15, 0.2) is 36.4 Å². The highest BCUT2D eigenvalue weighted by Crippen LogP contribution is 2.23. The van der Waals surface area contributed by atoms with Crippen LogP contribution in [0.5, 0.6) is 5.75 Å². The van der Waals surface area contributed by atoms with E-state index in [-0.39, 0.29) is 22.2 Å². The van der Waals surface area contributed by atoms with Crippen LogP contribution in [0.4, 0.5) is 4.39 Å². The standard InChI is InChI=1S/C14H9Cl2FO3/c15-11-4-2-9(6-10(11)14(18)19)20-7-8-1-3-12(16)13(17)5-8/h1-6H,7H2,(H,18,19). The summed E-state index contributed by atoms with van der Waals surface area (Å²) in [5.41, 5.74) is 0.533.